The number of hydrogen-bond donors (Lipinski definition) is 2. The maximum Gasteiger partial charge on any atom is 0.279 e. The second-order valence-corrected chi connectivity index (χ2v) is 4.97. The van der Waals surface area contributed by atoms with Crippen molar-refractivity contribution in [2.75, 3.05) is 19.5 Å². The molecule has 0 atom stereocenters. The van der Waals surface area contributed by atoms with Crippen molar-refractivity contribution in [3.63, 3.8) is 0 Å². The Morgan fingerprint density at radius 1 is 1.00 bits per heavy atom. The lowest BCUT2D eigenvalue weighted by Gasteiger charge is -2.09. The fourth-order valence-electron chi connectivity index (χ4n) is 2.02. The molecule has 0 aromatic heterocycles. The second-order valence-electron chi connectivity index (χ2n) is 4.97. The van der Waals surface area contributed by atoms with Gasteiger partial charge in [0.25, 0.3) is 5.91 Å². The van der Waals surface area contributed by atoms with Crippen molar-refractivity contribution < 1.29 is 19.4 Å². The molecule has 0 aliphatic carbocycles. The summed E-state index contributed by atoms with van der Waals surface area (Å²) in [6, 6.07) is 14.0. The number of nitrogens with zero attached hydrogens (tertiary/aromatic N) is 2. The molecule has 0 aliphatic heterocycles. The number of aliphatic hydroxyl groups is 1. The van der Waals surface area contributed by atoms with E-state index in [1.165, 1.54) is 21.1 Å². The molecule has 1 amide bonds. The Morgan fingerprint density at radius 2 is 1.60 bits per heavy atom. The molecule has 0 fully saturated rings. The number of allylic oxidation sites excluding steroid dienone is 1. The minimum Gasteiger partial charge on any atom is -0.510 e. The minimum atomic E-state index is -0.580. The predicted molar refractivity (Wildman–Crippen MR) is 94.5 cm³/mol. The Morgan fingerprint density at radius 3 is 2.12 bits per heavy atom. The molecule has 0 spiro atoms. The van der Waals surface area contributed by atoms with Crippen LogP contribution >= 0.6 is 0 Å². The van der Waals surface area contributed by atoms with Crippen molar-refractivity contribution in [1.82, 2.24) is 0 Å². The number of hydrogen-bond acceptors (Lipinski definition) is 6. The summed E-state index contributed by atoms with van der Waals surface area (Å²) in [5.74, 6) is 0.0258. The first-order valence-electron chi connectivity index (χ1n) is 7.45. The van der Waals surface area contributed by atoms with Crippen LogP contribution in [-0.4, -0.2) is 25.2 Å². The number of methoxy groups -OCH3 is 2. The standard InChI is InChI=1S/C18H19N3O4/c1-12(22)16(18(23)19-13-8-5-4-6-9-13)20-21-17-14(24-2)10-7-11-15(17)25-3/h4-11,22H,1-3H3,(H,19,23). The number of azo groups is 1. The summed E-state index contributed by atoms with van der Waals surface area (Å²) in [6.45, 7) is 1.36. The van der Waals surface area contributed by atoms with Gasteiger partial charge >= 0.3 is 0 Å². The number of carbonyl (C=O) groups excluding carboxylic acids is 1. The highest BCUT2D eigenvalue weighted by Crippen LogP contribution is 2.37. The average molecular weight is 341 g/mol. The monoisotopic (exact) mass is 341 g/mol. The summed E-state index contributed by atoms with van der Waals surface area (Å²) in [7, 11) is 2.98. The molecule has 0 saturated carbocycles. The number of carbonyl (C=O) groups is 1. The van der Waals surface area contributed by atoms with Gasteiger partial charge in [-0.1, -0.05) is 24.3 Å². The van der Waals surface area contributed by atoms with Gasteiger partial charge in [0.2, 0.25) is 0 Å². The first kappa shape index (κ1) is 18.0. The summed E-state index contributed by atoms with van der Waals surface area (Å²) in [5, 5.41) is 20.4. The smallest absolute Gasteiger partial charge is 0.279 e. The van der Waals surface area contributed by atoms with E-state index in [1.54, 1.807) is 42.5 Å². The molecule has 130 valence electrons. The van der Waals surface area contributed by atoms with Gasteiger partial charge < -0.3 is 19.9 Å². The maximum atomic E-state index is 12.3. The molecule has 25 heavy (non-hydrogen) atoms. The summed E-state index contributed by atoms with van der Waals surface area (Å²) in [4.78, 5) is 12.3. The van der Waals surface area contributed by atoms with E-state index in [0.717, 1.165) is 0 Å². The maximum absolute atomic E-state index is 12.3. The zero-order chi connectivity index (χ0) is 18.2. The van der Waals surface area contributed by atoms with Crippen molar-refractivity contribution in [3.05, 3.63) is 60.0 Å². The third-order valence-electron chi connectivity index (χ3n) is 3.24. The minimum absolute atomic E-state index is 0.211. The third-order valence-corrected chi connectivity index (χ3v) is 3.24. The fourth-order valence-corrected chi connectivity index (χ4v) is 2.02. The fraction of sp³-hybridized carbons (Fsp3) is 0.167. The molecule has 2 aromatic carbocycles. The Bertz CT molecular complexity index is 775. The number of aliphatic hydroxyl groups excluding tert-OH is 1. The van der Waals surface area contributed by atoms with Crippen LogP contribution in [0.2, 0.25) is 0 Å². The van der Waals surface area contributed by atoms with Crippen LogP contribution in [0.25, 0.3) is 0 Å². The Hall–Kier alpha value is -3.35. The van der Waals surface area contributed by atoms with Gasteiger partial charge in [-0.15, -0.1) is 10.2 Å². The van der Waals surface area contributed by atoms with Gasteiger partial charge in [0, 0.05) is 5.69 Å². The molecule has 2 N–H and O–H groups in total. The van der Waals surface area contributed by atoms with Gasteiger partial charge in [-0.2, -0.15) is 0 Å². The van der Waals surface area contributed by atoms with E-state index < -0.39 is 5.91 Å². The summed E-state index contributed by atoms with van der Waals surface area (Å²) in [6.07, 6.45) is 0. The highest BCUT2D eigenvalue weighted by atomic mass is 16.5. The number of amides is 1. The summed E-state index contributed by atoms with van der Waals surface area (Å²) < 4.78 is 10.4. The highest BCUT2D eigenvalue weighted by Gasteiger charge is 2.15. The van der Waals surface area contributed by atoms with Crippen molar-refractivity contribution in [2.24, 2.45) is 10.2 Å². The van der Waals surface area contributed by atoms with E-state index in [4.69, 9.17) is 9.47 Å². The average Bonchev–Trinajstić information content (AvgIpc) is 2.62. The predicted octanol–water partition coefficient (Wildman–Crippen LogP) is 4.22. The molecule has 0 saturated heterocycles. The molecule has 7 nitrogen and oxygen atoms in total. The van der Waals surface area contributed by atoms with Gasteiger partial charge in [-0.3, -0.25) is 4.79 Å². The van der Waals surface area contributed by atoms with Gasteiger partial charge in [-0.25, -0.2) is 0 Å². The van der Waals surface area contributed by atoms with Crippen LogP contribution < -0.4 is 14.8 Å². The number of ether oxygens (including phenoxy) is 2. The first-order chi connectivity index (χ1) is 12.1. The molecular formula is C18H19N3O4. The van der Waals surface area contributed by atoms with Gasteiger partial charge in [0.05, 0.1) is 14.2 Å². The zero-order valence-corrected chi connectivity index (χ0v) is 14.2. The molecule has 0 unspecified atom stereocenters. The SMILES string of the molecule is COc1cccc(OC)c1N=NC(C(=O)Nc1ccccc1)=C(C)O. The van der Waals surface area contributed by atoms with Crippen LogP contribution in [0.15, 0.2) is 70.2 Å². The number of nitrogens with one attached hydrogen (secondary N) is 1. The first-order valence-corrected chi connectivity index (χ1v) is 7.45. The van der Waals surface area contributed by atoms with Crippen molar-refractivity contribution in [3.8, 4) is 11.5 Å². The molecule has 0 radical (unpaired) electrons. The largest absolute Gasteiger partial charge is 0.510 e. The quantitative estimate of drug-likeness (QED) is 0.467. The lowest BCUT2D eigenvalue weighted by Crippen LogP contribution is -2.14. The van der Waals surface area contributed by atoms with Crippen LogP contribution in [0.5, 0.6) is 11.5 Å². The molecule has 0 heterocycles. The molecule has 2 rings (SSSR count). The lowest BCUT2D eigenvalue weighted by molar-refractivity contribution is -0.113. The highest BCUT2D eigenvalue weighted by molar-refractivity contribution is 6.03. The summed E-state index contributed by atoms with van der Waals surface area (Å²) >= 11 is 0. The van der Waals surface area contributed by atoms with Gasteiger partial charge in [-0.05, 0) is 31.2 Å². The number of anilines is 1. The van der Waals surface area contributed by atoms with Crippen LogP contribution in [0.3, 0.4) is 0 Å². The normalized spacial score (nSPS) is 11.8. The van der Waals surface area contributed by atoms with Crippen LogP contribution in [0.4, 0.5) is 11.4 Å². The zero-order valence-electron chi connectivity index (χ0n) is 14.2. The Kier molecular flexibility index (Phi) is 6.11. The van der Waals surface area contributed by atoms with Crippen molar-refractivity contribution in [1.29, 1.82) is 0 Å². The Labute approximate surface area is 145 Å². The van der Waals surface area contributed by atoms with E-state index >= 15 is 0 Å². The van der Waals surface area contributed by atoms with Crippen LogP contribution in [0.1, 0.15) is 6.92 Å². The number of para-hydroxylation sites is 1. The van der Waals surface area contributed by atoms with Crippen molar-refractivity contribution >= 4 is 17.3 Å². The van der Waals surface area contributed by atoms with Gasteiger partial charge in [0.15, 0.2) is 11.4 Å². The molecule has 2 aromatic rings. The lowest BCUT2D eigenvalue weighted by atomic mass is 10.2. The molecule has 0 bridgehead atoms. The van der Waals surface area contributed by atoms with E-state index in [-0.39, 0.29) is 11.5 Å². The van der Waals surface area contributed by atoms with Crippen LogP contribution in [-0.2, 0) is 4.79 Å². The van der Waals surface area contributed by atoms with Gasteiger partial charge in [0.1, 0.15) is 17.3 Å². The van der Waals surface area contributed by atoms with E-state index in [9.17, 15) is 9.90 Å². The molecule has 0 aliphatic rings. The number of rotatable bonds is 6. The van der Waals surface area contributed by atoms with Crippen molar-refractivity contribution in [2.45, 2.75) is 6.92 Å². The topological polar surface area (TPSA) is 92.5 Å². The van der Waals surface area contributed by atoms with E-state index in [1.807, 2.05) is 6.07 Å². The molecule has 7 heteroatoms. The summed E-state index contributed by atoms with van der Waals surface area (Å²) in [5.41, 5.74) is 0.687. The van der Waals surface area contributed by atoms with E-state index in [2.05, 4.69) is 15.5 Å². The van der Waals surface area contributed by atoms with Crippen LogP contribution in [0, 0.1) is 0 Å². The van der Waals surface area contributed by atoms with E-state index in [0.29, 0.717) is 22.9 Å². The Balaban J connectivity index is 2.30. The molecular weight excluding hydrogens is 322 g/mol. The third kappa shape index (κ3) is 4.57. The number of benzene rings is 2. The second kappa shape index (κ2) is 8.49.